The van der Waals surface area contributed by atoms with Gasteiger partial charge in [0, 0.05) is 5.75 Å². The third-order valence-corrected chi connectivity index (χ3v) is 2.76. The molecule has 0 aromatic carbocycles. The Morgan fingerprint density at radius 3 is 3.00 bits per heavy atom. The Balaban J connectivity index is 2.37. The summed E-state index contributed by atoms with van der Waals surface area (Å²) < 4.78 is 9.73. The van der Waals surface area contributed by atoms with E-state index in [0.717, 1.165) is 5.69 Å². The van der Waals surface area contributed by atoms with E-state index < -0.39 is 0 Å². The fourth-order valence-corrected chi connectivity index (χ4v) is 1.72. The van der Waals surface area contributed by atoms with E-state index in [0.29, 0.717) is 11.0 Å². The van der Waals surface area contributed by atoms with E-state index >= 15 is 0 Å². The second kappa shape index (κ2) is 5.05. The molecule has 0 aliphatic carbocycles. The molecule has 0 spiro atoms. The summed E-state index contributed by atoms with van der Waals surface area (Å²) in [7, 11) is 1.39. The lowest BCUT2D eigenvalue weighted by Gasteiger charge is -2.05. The fraction of sp³-hybridized carbons (Fsp3) is 0.556. The predicted octanol–water partition coefficient (Wildman–Crippen LogP) is 1.88. The summed E-state index contributed by atoms with van der Waals surface area (Å²) in [6.07, 6.45) is 1.59. The largest absolute Gasteiger partial charge is 0.469 e. The van der Waals surface area contributed by atoms with E-state index in [2.05, 4.69) is 9.72 Å². The Hall–Kier alpha value is -0.970. The van der Waals surface area contributed by atoms with Crippen molar-refractivity contribution in [1.82, 2.24) is 4.98 Å². The van der Waals surface area contributed by atoms with E-state index in [4.69, 9.17) is 4.42 Å². The maximum Gasteiger partial charge on any atom is 0.309 e. The van der Waals surface area contributed by atoms with Crippen LogP contribution in [0.25, 0.3) is 0 Å². The Bertz CT molecular complexity index is 311. The van der Waals surface area contributed by atoms with Gasteiger partial charge in [-0.05, 0) is 6.92 Å². The molecular weight excluding hydrogens is 202 g/mol. The molecule has 0 radical (unpaired) electrons. The molecule has 4 nitrogen and oxygen atoms in total. The monoisotopic (exact) mass is 215 g/mol. The van der Waals surface area contributed by atoms with Gasteiger partial charge in [0.1, 0.15) is 6.26 Å². The lowest BCUT2D eigenvalue weighted by molar-refractivity contribution is -0.143. The van der Waals surface area contributed by atoms with Gasteiger partial charge >= 0.3 is 5.97 Å². The normalized spacial score (nSPS) is 12.5. The summed E-state index contributed by atoms with van der Waals surface area (Å²) in [5, 5.41) is 0.596. The van der Waals surface area contributed by atoms with Gasteiger partial charge in [-0.1, -0.05) is 18.7 Å². The summed E-state index contributed by atoms with van der Waals surface area (Å²) in [5.41, 5.74) is 0.846. The number of aromatic nitrogens is 1. The molecule has 1 unspecified atom stereocenters. The molecule has 1 aromatic rings. The zero-order chi connectivity index (χ0) is 10.6. The summed E-state index contributed by atoms with van der Waals surface area (Å²) >= 11 is 1.41. The number of thioether (sulfide) groups is 1. The molecule has 1 heterocycles. The number of hydrogen-bond acceptors (Lipinski definition) is 5. The van der Waals surface area contributed by atoms with Crippen LogP contribution in [0.3, 0.4) is 0 Å². The van der Waals surface area contributed by atoms with Gasteiger partial charge < -0.3 is 9.15 Å². The molecule has 0 aliphatic rings. The van der Waals surface area contributed by atoms with Crippen molar-refractivity contribution in [2.24, 2.45) is 5.92 Å². The summed E-state index contributed by atoms with van der Waals surface area (Å²) in [6, 6.07) is 0. The van der Waals surface area contributed by atoms with E-state index in [1.54, 1.807) is 6.26 Å². The molecule has 0 N–H and O–H groups in total. The Kier molecular flexibility index (Phi) is 4.00. The summed E-state index contributed by atoms with van der Waals surface area (Å²) in [4.78, 5) is 15.2. The molecular formula is C9H13NO3S. The summed E-state index contributed by atoms with van der Waals surface area (Å²) in [5.74, 6) is 0.269. The number of rotatable bonds is 4. The average molecular weight is 215 g/mol. The predicted molar refractivity (Wildman–Crippen MR) is 53.1 cm³/mol. The number of aryl methyl sites for hydroxylation is 1. The van der Waals surface area contributed by atoms with Crippen molar-refractivity contribution in [2.45, 2.75) is 19.1 Å². The number of oxazole rings is 1. The molecule has 0 bridgehead atoms. The first kappa shape index (κ1) is 11.1. The molecule has 0 saturated heterocycles. The topological polar surface area (TPSA) is 52.3 Å². The van der Waals surface area contributed by atoms with E-state index in [-0.39, 0.29) is 11.9 Å². The van der Waals surface area contributed by atoms with Gasteiger partial charge in [-0.3, -0.25) is 4.79 Å². The quantitative estimate of drug-likeness (QED) is 0.567. The highest BCUT2D eigenvalue weighted by Crippen LogP contribution is 2.20. The smallest absolute Gasteiger partial charge is 0.309 e. The van der Waals surface area contributed by atoms with Crippen molar-refractivity contribution >= 4 is 17.7 Å². The van der Waals surface area contributed by atoms with Crippen molar-refractivity contribution in [2.75, 3.05) is 12.9 Å². The van der Waals surface area contributed by atoms with Gasteiger partial charge in [0.2, 0.25) is 0 Å². The SMILES string of the molecule is COC(=O)C(C)CSc1nc(C)co1. The molecule has 1 atom stereocenters. The highest BCUT2D eigenvalue weighted by atomic mass is 32.2. The lowest BCUT2D eigenvalue weighted by atomic mass is 10.2. The Morgan fingerprint density at radius 1 is 1.79 bits per heavy atom. The number of hydrogen-bond donors (Lipinski definition) is 0. The molecule has 14 heavy (non-hydrogen) atoms. The van der Waals surface area contributed by atoms with E-state index in [1.807, 2.05) is 13.8 Å². The lowest BCUT2D eigenvalue weighted by Crippen LogP contribution is -2.14. The number of carbonyl (C=O) groups is 1. The van der Waals surface area contributed by atoms with Gasteiger partial charge in [-0.25, -0.2) is 4.98 Å². The maximum atomic E-state index is 11.1. The zero-order valence-electron chi connectivity index (χ0n) is 8.44. The first-order valence-electron chi connectivity index (χ1n) is 4.26. The summed E-state index contributed by atoms with van der Waals surface area (Å²) in [6.45, 7) is 3.67. The van der Waals surface area contributed by atoms with Crippen LogP contribution in [0.2, 0.25) is 0 Å². The Labute approximate surface area is 87.0 Å². The number of ether oxygens (including phenoxy) is 1. The minimum Gasteiger partial charge on any atom is -0.469 e. The molecule has 1 rings (SSSR count). The molecule has 1 aromatic heterocycles. The second-order valence-corrected chi connectivity index (χ2v) is 3.96. The fourth-order valence-electron chi connectivity index (χ4n) is 0.864. The standard InChI is InChI=1S/C9H13NO3S/c1-6(8(11)12-3)5-14-9-10-7(2)4-13-9/h4,6H,5H2,1-3H3. The van der Waals surface area contributed by atoms with Crippen LogP contribution in [0, 0.1) is 12.8 Å². The van der Waals surface area contributed by atoms with Crippen molar-refractivity contribution in [3.8, 4) is 0 Å². The van der Waals surface area contributed by atoms with Crippen LogP contribution in [-0.2, 0) is 9.53 Å². The van der Waals surface area contributed by atoms with E-state index in [9.17, 15) is 4.79 Å². The molecule has 0 aliphatic heterocycles. The van der Waals surface area contributed by atoms with Crippen LogP contribution in [-0.4, -0.2) is 23.8 Å². The number of nitrogens with zero attached hydrogens (tertiary/aromatic N) is 1. The molecule has 0 fully saturated rings. The van der Waals surface area contributed by atoms with Gasteiger partial charge in [0.15, 0.2) is 0 Å². The van der Waals surface area contributed by atoms with Gasteiger partial charge in [0.05, 0.1) is 18.7 Å². The first-order chi connectivity index (χ1) is 6.63. The minimum atomic E-state index is -0.208. The van der Waals surface area contributed by atoms with Crippen LogP contribution < -0.4 is 0 Å². The number of methoxy groups -OCH3 is 1. The Morgan fingerprint density at radius 2 is 2.50 bits per heavy atom. The average Bonchev–Trinajstić information content (AvgIpc) is 2.59. The van der Waals surface area contributed by atoms with Crippen molar-refractivity contribution < 1.29 is 13.9 Å². The highest BCUT2D eigenvalue weighted by Gasteiger charge is 2.14. The third kappa shape index (κ3) is 3.06. The van der Waals surface area contributed by atoms with E-state index in [1.165, 1.54) is 18.9 Å². The minimum absolute atomic E-state index is 0.141. The molecule has 78 valence electrons. The first-order valence-corrected chi connectivity index (χ1v) is 5.24. The molecule has 0 saturated carbocycles. The third-order valence-electron chi connectivity index (χ3n) is 1.66. The highest BCUT2D eigenvalue weighted by molar-refractivity contribution is 7.99. The van der Waals surface area contributed by atoms with Gasteiger partial charge in [-0.2, -0.15) is 0 Å². The maximum absolute atomic E-state index is 11.1. The van der Waals surface area contributed by atoms with Crippen molar-refractivity contribution in [1.29, 1.82) is 0 Å². The number of carbonyl (C=O) groups excluding carboxylic acids is 1. The molecule has 0 amide bonds. The van der Waals surface area contributed by atoms with Crippen LogP contribution in [0.1, 0.15) is 12.6 Å². The van der Waals surface area contributed by atoms with Crippen LogP contribution in [0.15, 0.2) is 15.9 Å². The van der Waals surface area contributed by atoms with Gasteiger partial charge in [0.25, 0.3) is 5.22 Å². The second-order valence-electron chi connectivity index (χ2n) is 2.99. The van der Waals surface area contributed by atoms with Crippen molar-refractivity contribution in [3.63, 3.8) is 0 Å². The number of esters is 1. The molecule has 5 heteroatoms. The van der Waals surface area contributed by atoms with Gasteiger partial charge in [-0.15, -0.1) is 0 Å². The van der Waals surface area contributed by atoms with Crippen molar-refractivity contribution in [3.05, 3.63) is 12.0 Å². The van der Waals surface area contributed by atoms with Crippen LogP contribution in [0.5, 0.6) is 0 Å². The van der Waals surface area contributed by atoms with Crippen LogP contribution >= 0.6 is 11.8 Å². The van der Waals surface area contributed by atoms with Crippen LogP contribution in [0.4, 0.5) is 0 Å². The zero-order valence-corrected chi connectivity index (χ0v) is 9.26.